The Morgan fingerprint density at radius 1 is 1.26 bits per heavy atom. The van der Waals surface area contributed by atoms with Gasteiger partial charge in [0, 0.05) is 17.7 Å². The van der Waals surface area contributed by atoms with Crippen molar-refractivity contribution in [3.8, 4) is 11.5 Å². The van der Waals surface area contributed by atoms with E-state index in [1.807, 2.05) is 0 Å². The van der Waals surface area contributed by atoms with Crippen LogP contribution in [0.4, 0.5) is 0 Å². The van der Waals surface area contributed by atoms with Gasteiger partial charge in [-0.15, -0.1) is 0 Å². The Bertz CT molecular complexity index is 467. The van der Waals surface area contributed by atoms with Gasteiger partial charge in [0.25, 0.3) is 0 Å². The van der Waals surface area contributed by atoms with E-state index in [1.165, 1.54) is 7.11 Å². The van der Waals surface area contributed by atoms with E-state index in [4.69, 9.17) is 9.47 Å². The molecule has 0 radical (unpaired) electrons. The Hall–Kier alpha value is -1.75. The van der Waals surface area contributed by atoms with Crippen molar-refractivity contribution >= 4 is 5.97 Å². The summed E-state index contributed by atoms with van der Waals surface area (Å²) in [5, 5.41) is 12.6. The molecule has 0 saturated carbocycles. The Morgan fingerprint density at radius 2 is 2.00 bits per heavy atom. The largest absolute Gasteiger partial charge is 0.496 e. The molecule has 2 rings (SSSR count). The molecule has 1 atom stereocenters. The summed E-state index contributed by atoms with van der Waals surface area (Å²) in [6.45, 7) is 0.947. The van der Waals surface area contributed by atoms with Crippen LogP contribution in [0, 0.1) is 0 Å². The molecule has 1 saturated heterocycles. The highest BCUT2D eigenvalue weighted by Gasteiger charge is 2.23. The van der Waals surface area contributed by atoms with Gasteiger partial charge in [0.05, 0.1) is 14.2 Å². The second-order valence-electron chi connectivity index (χ2n) is 4.60. The smallest absolute Gasteiger partial charge is 0.339 e. The van der Waals surface area contributed by atoms with Crippen molar-refractivity contribution in [2.24, 2.45) is 0 Å². The number of rotatable bonds is 4. The molecule has 0 amide bonds. The Labute approximate surface area is 112 Å². The predicted octanol–water partition coefficient (Wildman–Crippen LogP) is 2.22. The number of piperidine rings is 1. The molecule has 1 fully saturated rings. The van der Waals surface area contributed by atoms with Crippen LogP contribution in [0.15, 0.2) is 12.1 Å². The molecule has 0 bridgehead atoms. The summed E-state index contributed by atoms with van der Waals surface area (Å²) in [7, 11) is 3.04. The average molecular weight is 265 g/mol. The topological polar surface area (TPSA) is 67.8 Å². The standard InChI is InChI=1S/C14H19NO4/c1-18-12-8-13(19-2)10(14(16)17)7-9(12)11-5-3-4-6-15-11/h7-8,11,15H,3-6H2,1-2H3,(H,16,17). The highest BCUT2D eigenvalue weighted by atomic mass is 16.5. The molecule has 1 heterocycles. The summed E-state index contributed by atoms with van der Waals surface area (Å²) in [4.78, 5) is 11.3. The van der Waals surface area contributed by atoms with Crippen LogP contribution in [0.5, 0.6) is 11.5 Å². The first-order chi connectivity index (χ1) is 9.17. The van der Waals surface area contributed by atoms with Gasteiger partial charge in [0.15, 0.2) is 0 Å². The fraction of sp³-hybridized carbons (Fsp3) is 0.500. The van der Waals surface area contributed by atoms with Gasteiger partial charge in [-0.2, -0.15) is 0 Å². The minimum atomic E-state index is -0.989. The van der Waals surface area contributed by atoms with Crippen molar-refractivity contribution in [3.05, 3.63) is 23.3 Å². The van der Waals surface area contributed by atoms with E-state index < -0.39 is 5.97 Å². The molecule has 1 aliphatic rings. The number of carboxylic acid groups (broad SMARTS) is 1. The van der Waals surface area contributed by atoms with Crippen LogP contribution >= 0.6 is 0 Å². The van der Waals surface area contributed by atoms with E-state index in [-0.39, 0.29) is 11.6 Å². The van der Waals surface area contributed by atoms with Crippen LogP contribution in [-0.4, -0.2) is 31.8 Å². The number of carboxylic acids is 1. The zero-order chi connectivity index (χ0) is 13.8. The van der Waals surface area contributed by atoms with Gasteiger partial charge in [-0.05, 0) is 25.5 Å². The first-order valence-corrected chi connectivity index (χ1v) is 6.40. The van der Waals surface area contributed by atoms with Crippen molar-refractivity contribution in [1.82, 2.24) is 5.32 Å². The third kappa shape index (κ3) is 2.81. The lowest BCUT2D eigenvalue weighted by Crippen LogP contribution is -2.27. The van der Waals surface area contributed by atoms with Crippen molar-refractivity contribution in [2.45, 2.75) is 25.3 Å². The molecular formula is C14H19NO4. The number of hydrogen-bond donors (Lipinski definition) is 2. The zero-order valence-electron chi connectivity index (χ0n) is 11.2. The number of methoxy groups -OCH3 is 2. The van der Waals surface area contributed by atoms with Crippen LogP contribution in [0.25, 0.3) is 0 Å². The number of hydrogen-bond acceptors (Lipinski definition) is 4. The van der Waals surface area contributed by atoms with Gasteiger partial charge < -0.3 is 19.9 Å². The lowest BCUT2D eigenvalue weighted by atomic mass is 9.95. The molecule has 0 spiro atoms. The Morgan fingerprint density at radius 3 is 2.53 bits per heavy atom. The normalized spacial score (nSPS) is 18.9. The number of nitrogens with one attached hydrogen (secondary N) is 1. The summed E-state index contributed by atoms with van der Waals surface area (Å²) in [6.07, 6.45) is 3.28. The minimum absolute atomic E-state index is 0.146. The van der Waals surface area contributed by atoms with Gasteiger partial charge in [-0.1, -0.05) is 6.42 Å². The molecule has 1 aliphatic heterocycles. The Kier molecular flexibility index (Phi) is 4.27. The van der Waals surface area contributed by atoms with Crippen molar-refractivity contribution < 1.29 is 19.4 Å². The molecule has 1 aromatic carbocycles. The number of carbonyl (C=O) groups is 1. The second-order valence-corrected chi connectivity index (χ2v) is 4.60. The van der Waals surface area contributed by atoms with Gasteiger partial charge in [-0.3, -0.25) is 0 Å². The van der Waals surface area contributed by atoms with Crippen LogP contribution < -0.4 is 14.8 Å². The lowest BCUT2D eigenvalue weighted by Gasteiger charge is -2.26. The second kappa shape index (κ2) is 5.93. The van der Waals surface area contributed by atoms with Crippen LogP contribution in [0.3, 0.4) is 0 Å². The third-order valence-corrected chi connectivity index (χ3v) is 3.47. The number of benzene rings is 1. The predicted molar refractivity (Wildman–Crippen MR) is 71.1 cm³/mol. The maximum absolute atomic E-state index is 11.3. The van der Waals surface area contributed by atoms with E-state index in [9.17, 15) is 9.90 Å². The minimum Gasteiger partial charge on any atom is -0.496 e. The molecule has 0 aliphatic carbocycles. The molecule has 5 nitrogen and oxygen atoms in total. The summed E-state index contributed by atoms with van der Waals surface area (Å²) in [6, 6.07) is 3.45. The van der Waals surface area contributed by atoms with E-state index >= 15 is 0 Å². The highest BCUT2D eigenvalue weighted by molar-refractivity contribution is 5.91. The molecular weight excluding hydrogens is 246 g/mol. The van der Waals surface area contributed by atoms with E-state index in [0.717, 1.165) is 31.4 Å². The molecule has 1 aromatic rings. The van der Waals surface area contributed by atoms with E-state index in [2.05, 4.69) is 5.32 Å². The first kappa shape index (κ1) is 13.7. The fourth-order valence-electron chi connectivity index (χ4n) is 2.48. The van der Waals surface area contributed by atoms with Crippen molar-refractivity contribution in [2.75, 3.05) is 20.8 Å². The number of ether oxygens (including phenoxy) is 2. The summed E-state index contributed by atoms with van der Waals surface area (Å²) in [5.74, 6) is 0.00159. The number of aromatic carboxylic acids is 1. The van der Waals surface area contributed by atoms with Gasteiger partial charge in [0.2, 0.25) is 0 Å². The SMILES string of the molecule is COc1cc(OC)c(C2CCCCN2)cc1C(=O)O. The monoisotopic (exact) mass is 265 g/mol. The molecule has 2 N–H and O–H groups in total. The van der Waals surface area contributed by atoms with Crippen LogP contribution in [-0.2, 0) is 0 Å². The first-order valence-electron chi connectivity index (χ1n) is 6.40. The maximum atomic E-state index is 11.3. The van der Waals surface area contributed by atoms with Crippen LogP contribution in [0.1, 0.15) is 41.2 Å². The molecule has 1 unspecified atom stereocenters. The van der Waals surface area contributed by atoms with Gasteiger partial charge in [-0.25, -0.2) is 4.79 Å². The fourth-order valence-corrected chi connectivity index (χ4v) is 2.48. The zero-order valence-corrected chi connectivity index (χ0v) is 11.2. The van der Waals surface area contributed by atoms with E-state index in [1.54, 1.807) is 19.2 Å². The van der Waals surface area contributed by atoms with Crippen molar-refractivity contribution in [3.63, 3.8) is 0 Å². The Balaban J connectivity index is 2.45. The third-order valence-electron chi connectivity index (χ3n) is 3.47. The maximum Gasteiger partial charge on any atom is 0.339 e. The summed E-state index contributed by atoms with van der Waals surface area (Å²) in [5.41, 5.74) is 1.06. The molecule has 19 heavy (non-hydrogen) atoms. The summed E-state index contributed by atoms with van der Waals surface area (Å²) >= 11 is 0. The highest BCUT2D eigenvalue weighted by Crippen LogP contribution is 2.35. The lowest BCUT2D eigenvalue weighted by molar-refractivity contribution is 0.0693. The van der Waals surface area contributed by atoms with Gasteiger partial charge in [0.1, 0.15) is 17.1 Å². The van der Waals surface area contributed by atoms with Gasteiger partial charge >= 0.3 is 5.97 Å². The van der Waals surface area contributed by atoms with Crippen molar-refractivity contribution in [1.29, 1.82) is 0 Å². The quantitative estimate of drug-likeness (QED) is 0.873. The average Bonchev–Trinajstić information content (AvgIpc) is 2.46. The molecule has 104 valence electrons. The molecule has 0 aromatic heterocycles. The molecule has 5 heteroatoms. The van der Waals surface area contributed by atoms with E-state index in [0.29, 0.717) is 11.5 Å². The summed E-state index contributed by atoms with van der Waals surface area (Å²) < 4.78 is 10.5. The van der Waals surface area contributed by atoms with Crippen LogP contribution in [0.2, 0.25) is 0 Å².